The third kappa shape index (κ3) is 7.29. The average Bonchev–Trinajstić information content (AvgIpc) is 3.01. The molecular formula is C21H30N2O5S. The number of ether oxygens (including phenoxy) is 1. The fourth-order valence-corrected chi connectivity index (χ4v) is 4.47. The van der Waals surface area contributed by atoms with Crippen LogP contribution in [0.2, 0.25) is 0 Å². The Morgan fingerprint density at radius 1 is 1.14 bits per heavy atom. The maximum absolute atomic E-state index is 12.8. The molecule has 0 saturated carbocycles. The van der Waals surface area contributed by atoms with Crippen LogP contribution in [0.25, 0.3) is 6.08 Å². The Bertz CT molecular complexity index is 810. The van der Waals surface area contributed by atoms with Gasteiger partial charge in [0.1, 0.15) is 0 Å². The zero-order valence-electron chi connectivity index (χ0n) is 17.1. The summed E-state index contributed by atoms with van der Waals surface area (Å²) in [6.45, 7) is 4.60. The topological polar surface area (TPSA) is 92.8 Å². The standard InChI is InChI=1S/C21H30N2O5S/c1-3-17(2)22-20(24)16-28-21(25)13-10-18-8-11-19(12-9-18)29(26,27)23-14-6-4-5-7-15-23/h8-13,17H,3-7,14-16H2,1-2H3,(H,22,24)/b13-10+/t17-/m0/s1. The molecule has 1 saturated heterocycles. The maximum Gasteiger partial charge on any atom is 0.331 e. The van der Waals surface area contributed by atoms with E-state index in [1.165, 1.54) is 12.2 Å². The first-order valence-corrected chi connectivity index (χ1v) is 11.5. The molecule has 0 bridgehead atoms. The lowest BCUT2D eigenvalue weighted by atomic mass is 10.2. The number of benzene rings is 1. The highest BCUT2D eigenvalue weighted by Crippen LogP contribution is 2.21. The molecule has 1 aliphatic heterocycles. The van der Waals surface area contributed by atoms with Gasteiger partial charge >= 0.3 is 5.97 Å². The van der Waals surface area contributed by atoms with Crippen LogP contribution in [0, 0.1) is 0 Å². The van der Waals surface area contributed by atoms with Crippen LogP contribution in [0.1, 0.15) is 51.5 Å². The lowest BCUT2D eigenvalue weighted by molar-refractivity contribution is -0.144. The van der Waals surface area contributed by atoms with Crippen molar-refractivity contribution in [2.45, 2.75) is 56.9 Å². The van der Waals surface area contributed by atoms with Crippen LogP contribution in [0.15, 0.2) is 35.2 Å². The van der Waals surface area contributed by atoms with Crippen LogP contribution in [0.3, 0.4) is 0 Å². The van der Waals surface area contributed by atoms with Crippen molar-refractivity contribution in [3.8, 4) is 0 Å². The zero-order chi connectivity index (χ0) is 21.3. The van der Waals surface area contributed by atoms with E-state index < -0.39 is 16.0 Å². The quantitative estimate of drug-likeness (QED) is 0.514. The van der Waals surface area contributed by atoms with E-state index in [1.807, 2.05) is 13.8 Å². The number of nitrogens with zero attached hydrogens (tertiary/aromatic N) is 1. The second-order valence-electron chi connectivity index (χ2n) is 7.21. The second-order valence-corrected chi connectivity index (χ2v) is 9.14. The fraction of sp³-hybridized carbons (Fsp3) is 0.524. The molecule has 160 valence electrons. The van der Waals surface area contributed by atoms with Gasteiger partial charge in [-0.3, -0.25) is 4.79 Å². The van der Waals surface area contributed by atoms with E-state index in [0.29, 0.717) is 18.7 Å². The van der Waals surface area contributed by atoms with Crippen molar-refractivity contribution in [3.63, 3.8) is 0 Å². The molecule has 7 nitrogen and oxygen atoms in total. The number of carbonyl (C=O) groups is 2. The Morgan fingerprint density at radius 3 is 2.34 bits per heavy atom. The number of amides is 1. The van der Waals surface area contributed by atoms with E-state index in [1.54, 1.807) is 28.6 Å². The fourth-order valence-electron chi connectivity index (χ4n) is 2.95. The number of sulfonamides is 1. The predicted molar refractivity (Wildman–Crippen MR) is 112 cm³/mol. The van der Waals surface area contributed by atoms with Crippen molar-refractivity contribution >= 4 is 28.0 Å². The van der Waals surface area contributed by atoms with Gasteiger partial charge in [0, 0.05) is 25.2 Å². The molecule has 1 heterocycles. The first-order valence-electron chi connectivity index (χ1n) is 10.1. The molecule has 0 spiro atoms. The largest absolute Gasteiger partial charge is 0.452 e. The summed E-state index contributed by atoms with van der Waals surface area (Å²) < 4.78 is 32.0. The van der Waals surface area contributed by atoms with Gasteiger partial charge < -0.3 is 10.1 Å². The Kier molecular flexibility index (Phi) is 8.85. The molecule has 0 aliphatic carbocycles. The molecule has 1 fully saturated rings. The molecule has 1 amide bonds. The summed E-state index contributed by atoms with van der Waals surface area (Å²) in [6, 6.07) is 6.41. The third-order valence-corrected chi connectivity index (χ3v) is 6.77. The van der Waals surface area contributed by atoms with Crippen LogP contribution in [-0.4, -0.2) is 50.3 Å². The molecule has 1 aromatic carbocycles. The van der Waals surface area contributed by atoms with Gasteiger partial charge in [-0.25, -0.2) is 13.2 Å². The molecule has 0 unspecified atom stereocenters. The molecule has 2 rings (SSSR count). The van der Waals surface area contributed by atoms with Crippen molar-refractivity contribution in [2.24, 2.45) is 0 Å². The molecule has 1 aromatic rings. The molecule has 29 heavy (non-hydrogen) atoms. The van der Waals surface area contributed by atoms with Crippen LogP contribution < -0.4 is 5.32 Å². The number of hydrogen-bond acceptors (Lipinski definition) is 5. The van der Waals surface area contributed by atoms with Crippen molar-refractivity contribution in [1.29, 1.82) is 0 Å². The smallest absolute Gasteiger partial charge is 0.331 e. The first kappa shape index (κ1) is 23.1. The second kappa shape index (κ2) is 11.1. The van der Waals surface area contributed by atoms with Crippen LogP contribution in [0.4, 0.5) is 0 Å². The summed E-state index contributed by atoms with van der Waals surface area (Å²) in [5.41, 5.74) is 0.667. The van der Waals surface area contributed by atoms with Gasteiger partial charge in [-0.15, -0.1) is 0 Å². The summed E-state index contributed by atoms with van der Waals surface area (Å²) in [5, 5.41) is 2.71. The molecule has 8 heteroatoms. The molecule has 1 aliphatic rings. The van der Waals surface area contributed by atoms with E-state index in [-0.39, 0.29) is 23.5 Å². The third-order valence-electron chi connectivity index (χ3n) is 4.86. The van der Waals surface area contributed by atoms with Gasteiger partial charge in [0.25, 0.3) is 5.91 Å². The van der Waals surface area contributed by atoms with Gasteiger partial charge in [0.15, 0.2) is 6.61 Å². The SMILES string of the molecule is CC[C@H](C)NC(=O)COC(=O)/C=C/c1ccc(S(=O)(=O)N2CCCCCC2)cc1. The number of rotatable bonds is 8. The highest BCUT2D eigenvalue weighted by molar-refractivity contribution is 7.89. The monoisotopic (exact) mass is 422 g/mol. The van der Waals surface area contributed by atoms with E-state index in [9.17, 15) is 18.0 Å². The van der Waals surface area contributed by atoms with Crippen molar-refractivity contribution < 1.29 is 22.7 Å². The lowest BCUT2D eigenvalue weighted by Gasteiger charge is -2.19. The zero-order valence-corrected chi connectivity index (χ0v) is 17.9. The minimum absolute atomic E-state index is 0.0286. The van der Waals surface area contributed by atoms with E-state index in [2.05, 4.69) is 5.32 Å². The molecule has 1 atom stereocenters. The summed E-state index contributed by atoms with van der Waals surface area (Å²) in [4.78, 5) is 23.6. The van der Waals surface area contributed by atoms with Gasteiger partial charge in [0.2, 0.25) is 10.0 Å². The lowest BCUT2D eigenvalue weighted by Crippen LogP contribution is -2.35. The molecule has 1 N–H and O–H groups in total. The van der Waals surface area contributed by atoms with Crippen molar-refractivity contribution in [3.05, 3.63) is 35.9 Å². The number of hydrogen-bond donors (Lipinski definition) is 1. The Balaban J connectivity index is 1.91. The van der Waals surface area contributed by atoms with Crippen LogP contribution >= 0.6 is 0 Å². The van der Waals surface area contributed by atoms with Gasteiger partial charge in [-0.05, 0) is 50.0 Å². The molecule has 0 aromatic heterocycles. The van der Waals surface area contributed by atoms with E-state index in [0.717, 1.165) is 32.1 Å². The highest BCUT2D eigenvalue weighted by atomic mass is 32.2. The Morgan fingerprint density at radius 2 is 1.76 bits per heavy atom. The number of carbonyl (C=O) groups excluding carboxylic acids is 2. The van der Waals surface area contributed by atoms with Gasteiger partial charge in [0.05, 0.1) is 4.90 Å². The summed E-state index contributed by atoms with van der Waals surface area (Å²) >= 11 is 0. The van der Waals surface area contributed by atoms with Crippen molar-refractivity contribution in [1.82, 2.24) is 9.62 Å². The Hall–Kier alpha value is -2.19. The normalized spacial score (nSPS) is 16.9. The highest BCUT2D eigenvalue weighted by Gasteiger charge is 2.24. The summed E-state index contributed by atoms with van der Waals surface area (Å²) in [7, 11) is -3.49. The first-order chi connectivity index (χ1) is 13.8. The van der Waals surface area contributed by atoms with Gasteiger partial charge in [-0.2, -0.15) is 4.31 Å². The minimum atomic E-state index is -3.49. The maximum atomic E-state index is 12.8. The Labute approximate surface area is 173 Å². The summed E-state index contributed by atoms with van der Waals surface area (Å²) in [5.74, 6) is -0.977. The van der Waals surface area contributed by atoms with Crippen LogP contribution in [0.5, 0.6) is 0 Å². The molecular weight excluding hydrogens is 392 g/mol. The van der Waals surface area contributed by atoms with Crippen LogP contribution in [-0.2, 0) is 24.3 Å². The van der Waals surface area contributed by atoms with Gasteiger partial charge in [-0.1, -0.05) is 31.9 Å². The number of esters is 1. The van der Waals surface area contributed by atoms with Crippen molar-refractivity contribution in [2.75, 3.05) is 19.7 Å². The molecule has 0 radical (unpaired) electrons. The van der Waals surface area contributed by atoms with E-state index in [4.69, 9.17) is 4.74 Å². The van der Waals surface area contributed by atoms with E-state index >= 15 is 0 Å². The minimum Gasteiger partial charge on any atom is -0.452 e. The average molecular weight is 423 g/mol. The predicted octanol–water partition coefficient (Wildman–Crippen LogP) is 2.72. The summed E-state index contributed by atoms with van der Waals surface area (Å²) in [6.07, 6.45) is 7.43. The number of nitrogens with one attached hydrogen (secondary N) is 1.